The highest BCUT2D eigenvalue weighted by atomic mass is 16.1. The second-order valence-electron chi connectivity index (χ2n) is 9.86. The van der Waals surface area contributed by atoms with Crippen LogP contribution in [-0.4, -0.2) is 21.6 Å². The van der Waals surface area contributed by atoms with Gasteiger partial charge in [0, 0.05) is 5.69 Å². The number of carbonyl (C=O) groups is 1. The molecule has 1 unspecified atom stereocenters. The fraction of sp³-hybridized carbons (Fsp3) is 0.0303. The standard InChI is InChI=1S/C33H26N6O2/c34-24-19-25(35)31(39-29-18-10-8-16-27(29)37(33(39)41)23-13-5-2-6-14-23)20-30(24)38-28-17-9-7-15-26(28)36(32(38)21-40)22-11-3-1-4-12-22/h1-21,32H,34-35H2. The van der Waals surface area contributed by atoms with E-state index in [9.17, 15) is 9.59 Å². The van der Waals surface area contributed by atoms with Gasteiger partial charge in [-0.25, -0.2) is 4.79 Å². The molecular weight excluding hydrogens is 512 g/mol. The van der Waals surface area contributed by atoms with Crippen LogP contribution in [0, 0.1) is 0 Å². The van der Waals surface area contributed by atoms with Gasteiger partial charge in [0.05, 0.1) is 50.8 Å². The summed E-state index contributed by atoms with van der Waals surface area (Å²) in [7, 11) is 0. The first-order valence-electron chi connectivity index (χ1n) is 13.2. The largest absolute Gasteiger partial charge is 0.397 e. The Kier molecular flexibility index (Phi) is 5.60. The number of anilines is 6. The van der Waals surface area contributed by atoms with E-state index < -0.39 is 6.17 Å². The van der Waals surface area contributed by atoms with Crippen molar-refractivity contribution in [2.45, 2.75) is 6.17 Å². The average Bonchev–Trinajstić information content (AvgIpc) is 3.49. The first kappa shape index (κ1) is 24.3. The molecule has 0 saturated carbocycles. The lowest BCUT2D eigenvalue weighted by Gasteiger charge is -2.30. The number of rotatable bonds is 5. The number of imidazole rings is 1. The van der Waals surface area contributed by atoms with Crippen LogP contribution >= 0.6 is 0 Å². The predicted octanol–water partition coefficient (Wildman–Crippen LogP) is 5.76. The van der Waals surface area contributed by atoms with E-state index in [-0.39, 0.29) is 5.69 Å². The molecule has 0 aliphatic carbocycles. The minimum atomic E-state index is -0.712. The molecule has 1 aliphatic rings. The zero-order chi connectivity index (χ0) is 28.1. The number of hydrogen-bond acceptors (Lipinski definition) is 6. The van der Waals surface area contributed by atoms with Gasteiger partial charge < -0.3 is 21.3 Å². The van der Waals surface area contributed by atoms with Gasteiger partial charge in [-0.1, -0.05) is 60.7 Å². The van der Waals surface area contributed by atoms with Gasteiger partial charge in [-0.2, -0.15) is 0 Å². The number of aldehydes is 1. The summed E-state index contributed by atoms with van der Waals surface area (Å²) in [6.07, 6.45) is 0.187. The first-order valence-corrected chi connectivity index (χ1v) is 13.2. The highest BCUT2D eigenvalue weighted by Crippen LogP contribution is 2.49. The third-order valence-corrected chi connectivity index (χ3v) is 7.52. The Bertz CT molecular complexity index is 1980. The molecule has 1 aliphatic heterocycles. The summed E-state index contributed by atoms with van der Waals surface area (Å²) < 4.78 is 3.27. The second-order valence-corrected chi connectivity index (χ2v) is 9.86. The van der Waals surface area contributed by atoms with E-state index >= 15 is 0 Å². The zero-order valence-corrected chi connectivity index (χ0v) is 22.0. The molecule has 200 valence electrons. The van der Waals surface area contributed by atoms with E-state index in [0.29, 0.717) is 28.3 Å². The number of aromatic nitrogens is 2. The highest BCUT2D eigenvalue weighted by Gasteiger charge is 2.38. The van der Waals surface area contributed by atoms with Gasteiger partial charge in [-0.3, -0.25) is 13.9 Å². The van der Waals surface area contributed by atoms with Crippen molar-refractivity contribution in [1.29, 1.82) is 0 Å². The summed E-state index contributed by atoms with van der Waals surface area (Å²) in [6, 6.07) is 38.1. The molecular formula is C33H26N6O2. The lowest BCUT2D eigenvalue weighted by Crippen LogP contribution is -2.40. The number of carbonyl (C=O) groups excluding carboxylic acids is 1. The molecule has 0 bridgehead atoms. The number of fused-ring (bicyclic) bond motifs is 2. The molecule has 6 aromatic rings. The summed E-state index contributed by atoms with van der Waals surface area (Å²) in [5.74, 6) is 0. The van der Waals surface area contributed by atoms with Crippen LogP contribution < -0.4 is 27.0 Å². The van der Waals surface area contributed by atoms with Gasteiger partial charge in [0.2, 0.25) is 0 Å². The van der Waals surface area contributed by atoms with E-state index in [1.54, 1.807) is 21.3 Å². The number of benzene rings is 5. The number of para-hydroxylation sites is 6. The second kappa shape index (κ2) is 9.46. The summed E-state index contributed by atoms with van der Waals surface area (Å²) in [5, 5.41) is 0. The quantitative estimate of drug-likeness (QED) is 0.214. The Balaban J connectivity index is 1.46. The van der Waals surface area contributed by atoms with Gasteiger partial charge in [0.15, 0.2) is 12.5 Å². The molecule has 0 radical (unpaired) electrons. The molecule has 4 N–H and O–H groups in total. The van der Waals surface area contributed by atoms with Crippen LogP contribution in [-0.2, 0) is 4.79 Å². The summed E-state index contributed by atoms with van der Waals surface area (Å²) in [4.78, 5) is 30.7. The lowest BCUT2D eigenvalue weighted by atomic mass is 10.1. The van der Waals surface area contributed by atoms with E-state index in [1.807, 2.05) is 119 Å². The van der Waals surface area contributed by atoms with Crippen molar-refractivity contribution in [1.82, 2.24) is 9.13 Å². The number of nitrogens with zero attached hydrogens (tertiary/aromatic N) is 4. The van der Waals surface area contributed by atoms with Crippen LogP contribution in [0.5, 0.6) is 0 Å². The Morgan fingerprint density at radius 3 is 1.68 bits per heavy atom. The van der Waals surface area contributed by atoms with Crippen LogP contribution in [0.15, 0.2) is 126 Å². The van der Waals surface area contributed by atoms with E-state index in [4.69, 9.17) is 11.5 Å². The van der Waals surface area contributed by atoms with Crippen molar-refractivity contribution < 1.29 is 4.79 Å². The third kappa shape index (κ3) is 3.69. The Morgan fingerprint density at radius 2 is 1.05 bits per heavy atom. The van der Waals surface area contributed by atoms with Crippen molar-refractivity contribution >= 4 is 51.4 Å². The fourth-order valence-electron chi connectivity index (χ4n) is 5.77. The molecule has 0 saturated heterocycles. The molecule has 0 amide bonds. The topological polar surface area (TPSA) is 103 Å². The van der Waals surface area contributed by atoms with Crippen LogP contribution in [0.25, 0.3) is 22.4 Å². The molecule has 1 aromatic heterocycles. The van der Waals surface area contributed by atoms with Crippen LogP contribution in [0.1, 0.15) is 0 Å². The smallest absolute Gasteiger partial charge is 0.338 e. The average molecular weight is 539 g/mol. The van der Waals surface area contributed by atoms with Crippen molar-refractivity contribution in [3.05, 3.63) is 132 Å². The van der Waals surface area contributed by atoms with Crippen LogP contribution in [0.2, 0.25) is 0 Å². The van der Waals surface area contributed by atoms with Crippen molar-refractivity contribution in [3.8, 4) is 11.4 Å². The van der Waals surface area contributed by atoms with Gasteiger partial charge >= 0.3 is 5.69 Å². The molecule has 1 atom stereocenters. The molecule has 0 spiro atoms. The van der Waals surface area contributed by atoms with E-state index in [2.05, 4.69) is 0 Å². The maximum Gasteiger partial charge on any atom is 0.338 e. The zero-order valence-electron chi connectivity index (χ0n) is 22.0. The van der Waals surface area contributed by atoms with Crippen LogP contribution in [0.3, 0.4) is 0 Å². The lowest BCUT2D eigenvalue weighted by molar-refractivity contribution is -0.108. The minimum Gasteiger partial charge on any atom is -0.397 e. The van der Waals surface area contributed by atoms with Crippen molar-refractivity contribution in [2.75, 3.05) is 21.3 Å². The summed E-state index contributed by atoms with van der Waals surface area (Å²) >= 11 is 0. The summed E-state index contributed by atoms with van der Waals surface area (Å²) in [6.45, 7) is 0. The van der Waals surface area contributed by atoms with Crippen molar-refractivity contribution in [2.24, 2.45) is 0 Å². The minimum absolute atomic E-state index is 0.264. The van der Waals surface area contributed by atoms with E-state index in [0.717, 1.165) is 34.6 Å². The molecule has 41 heavy (non-hydrogen) atoms. The molecule has 8 nitrogen and oxygen atoms in total. The molecule has 0 fully saturated rings. The molecule has 8 heteroatoms. The van der Waals surface area contributed by atoms with Gasteiger partial charge in [0.1, 0.15) is 0 Å². The van der Waals surface area contributed by atoms with Crippen molar-refractivity contribution in [3.63, 3.8) is 0 Å². The monoisotopic (exact) mass is 538 g/mol. The Hall–Kier alpha value is -5.76. The molecule has 7 rings (SSSR count). The maximum absolute atomic E-state index is 14.1. The third-order valence-electron chi connectivity index (χ3n) is 7.52. The van der Waals surface area contributed by atoms with E-state index in [1.165, 1.54) is 0 Å². The SMILES string of the molecule is Nc1cc(N)c(-n2c(=O)n(-c3ccccc3)c3ccccc32)cc1N1c2ccccc2N(c2ccccc2)C1C=O. The summed E-state index contributed by atoms with van der Waals surface area (Å²) in [5.41, 5.74) is 19.4. The normalized spacial score (nSPS) is 14.4. The van der Waals surface area contributed by atoms with Gasteiger partial charge in [-0.15, -0.1) is 0 Å². The fourth-order valence-corrected chi connectivity index (χ4v) is 5.77. The number of nitrogens with two attached hydrogens (primary N) is 2. The highest BCUT2D eigenvalue weighted by molar-refractivity contribution is 5.98. The van der Waals surface area contributed by atoms with Gasteiger partial charge in [0.25, 0.3) is 0 Å². The molecule has 5 aromatic carbocycles. The maximum atomic E-state index is 14.1. The van der Waals surface area contributed by atoms with Crippen LogP contribution in [0.4, 0.5) is 34.1 Å². The first-order chi connectivity index (χ1) is 20.1. The van der Waals surface area contributed by atoms with Gasteiger partial charge in [-0.05, 0) is 60.7 Å². The Labute approximate surface area is 235 Å². The Morgan fingerprint density at radius 1 is 0.537 bits per heavy atom. The predicted molar refractivity (Wildman–Crippen MR) is 165 cm³/mol. The molecule has 2 heterocycles. The number of nitrogen functional groups attached to an aromatic ring is 2. The number of hydrogen-bond donors (Lipinski definition) is 2.